The third-order valence-electron chi connectivity index (χ3n) is 4.89. The SMILES string of the molecule is COc1ccc2c(cc3n2CC(C(C)(C)C)CC3)c1OC. The van der Waals surface area contributed by atoms with E-state index in [1.165, 1.54) is 23.0 Å². The van der Waals surface area contributed by atoms with Gasteiger partial charge in [0.05, 0.1) is 19.7 Å². The smallest absolute Gasteiger partial charge is 0.170 e. The molecule has 0 radical (unpaired) electrons. The van der Waals surface area contributed by atoms with Crippen molar-refractivity contribution in [2.45, 2.75) is 40.2 Å². The van der Waals surface area contributed by atoms with Crippen molar-refractivity contribution < 1.29 is 9.47 Å². The largest absolute Gasteiger partial charge is 0.493 e. The number of methoxy groups -OCH3 is 2. The Morgan fingerprint density at radius 1 is 1.14 bits per heavy atom. The standard InChI is InChI=1S/C18H25NO2/c1-18(2,3)12-6-7-13-10-14-15(19(13)11-12)8-9-16(20-4)17(14)21-5/h8-10,12H,6-7,11H2,1-5H3. The van der Waals surface area contributed by atoms with Crippen molar-refractivity contribution >= 4 is 10.9 Å². The van der Waals surface area contributed by atoms with Crippen molar-refractivity contribution in [3.05, 3.63) is 23.9 Å². The van der Waals surface area contributed by atoms with Crippen molar-refractivity contribution in [3.8, 4) is 11.5 Å². The summed E-state index contributed by atoms with van der Waals surface area (Å²) in [6.07, 6.45) is 2.40. The summed E-state index contributed by atoms with van der Waals surface area (Å²) in [5.74, 6) is 2.37. The molecule has 2 heterocycles. The van der Waals surface area contributed by atoms with Gasteiger partial charge in [0, 0.05) is 17.6 Å². The first-order chi connectivity index (χ1) is 9.95. The molecule has 1 unspecified atom stereocenters. The Morgan fingerprint density at radius 2 is 1.90 bits per heavy atom. The number of rotatable bonds is 2. The second-order valence-corrected chi connectivity index (χ2v) is 7.08. The molecular formula is C18H25NO2. The molecule has 0 fully saturated rings. The van der Waals surface area contributed by atoms with Gasteiger partial charge in [-0.05, 0) is 42.4 Å². The quantitative estimate of drug-likeness (QED) is 0.823. The van der Waals surface area contributed by atoms with Gasteiger partial charge in [-0.3, -0.25) is 0 Å². The second-order valence-electron chi connectivity index (χ2n) is 7.08. The fourth-order valence-electron chi connectivity index (χ4n) is 3.48. The molecule has 1 aliphatic heterocycles. The lowest BCUT2D eigenvalue weighted by Crippen LogP contribution is -2.30. The van der Waals surface area contributed by atoms with Crippen LogP contribution < -0.4 is 9.47 Å². The van der Waals surface area contributed by atoms with E-state index in [0.717, 1.165) is 24.5 Å². The fraction of sp³-hybridized carbons (Fsp3) is 0.556. The van der Waals surface area contributed by atoms with Crippen LogP contribution in [-0.2, 0) is 13.0 Å². The van der Waals surface area contributed by atoms with E-state index in [9.17, 15) is 0 Å². The van der Waals surface area contributed by atoms with E-state index in [0.29, 0.717) is 11.3 Å². The minimum atomic E-state index is 0.352. The summed E-state index contributed by atoms with van der Waals surface area (Å²) in [5.41, 5.74) is 3.03. The predicted octanol–water partition coefficient (Wildman–Crippen LogP) is 4.27. The fourth-order valence-corrected chi connectivity index (χ4v) is 3.48. The molecule has 3 heteroatoms. The molecule has 1 atom stereocenters. The minimum absolute atomic E-state index is 0.352. The number of aryl methyl sites for hydroxylation is 1. The average Bonchev–Trinajstić information content (AvgIpc) is 2.82. The molecule has 1 aliphatic rings. The second kappa shape index (κ2) is 4.97. The lowest BCUT2D eigenvalue weighted by Gasteiger charge is -2.35. The summed E-state index contributed by atoms with van der Waals surface area (Å²) in [7, 11) is 3.40. The zero-order valence-electron chi connectivity index (χ0n) is 13.7. The van der Waals surface area contributed by atoms with Gasteiger partial charge in [-0.25, -0.2) is 0 Å². The Balaban J connectivity index is 2.12. The van der Waals surface area contributed by atoms with Crippen LogP contribution in [-0.4, -0.2) is 18.8 Å². The third kappa shape index (κ3) is 2.29. The van der Waals surface area contributed by atoms with Crippen LogP contribution in [0.1, 0.15) is 32.9 Å². The molecule has 2 aromatic rings. The van der Waals surface area contributed by atoms with Crippen LogP contribution in [0.4, 0.5) is 0 Å². The van der Waals surface area contributed by atoms with Crippen molar-refractivity contribution in [2.75, 3.05) is 14.2 Å². The summed E-state index contributed by atoms with van der Waals surface area (Å²) < 4.78 is 13.5. The molecule has 0 saturated carbocycles. The minimum Gasteiger partial charge on any atom is -0.493 e. The highest BCUT2D eigenvalue weighted by molar-refractivity contribution is 5.90. The number of benzene rings is 1. The lowest BCUT2D eigenvalue weighted by atomic mass is 9.76. The van der Waals surface area contributed by atoms with Gasteiger partial charge in [-0.15, -0.1) is 0 Å². The van der Waals surface area contributed by atoms with Gasteiger partial charge in [0.25, 0.3) is 0 Å². The van der Waals surface area contributed by atoms with Crippen LogP contribution in [0, 0.1) is 11.3 Å². The van der Waals surface area contributed by atoms with E-state index in [1.54, 1.807) is 14.2 Å². The van der Waals surface area contributed by atoms with E-state index in [1.807, 2.05) is 6.07 Å². The Hall–Kier alpha value is -1.64. The number of hydrogen-bond acceptors (Lipinski definition) is 2. The van der Waals surface area contributed by atoms with Gasteiger partial charge in [0.2, 0.25) is 0 Å². The first-order valence-electron chi connectivity index (χ1n) is 7.68. The first kappa shape index (κ1) is 14.3. The zero-order chi connectivity index (χ0) is 15.2. The third-order valence-corrected chi connectivity index (χ3v) is 4.89. The zero-order valence-corrected chi connectivity index (χ0v) is 13.7. The Bertz CT molecular complexity index is 664. The topological polar surface area (TPSA) is 23.4 Å². The van der Waals surface area contributed by atoms with Crippen LogP contribution in [0.2, 0.25) is 0 Å². The van der Waals surface area contributed by atoms with Gasteiger partial charge >= 0.3 is 0 Å². The lowest BCUT2D eigenvalue weighted by molar-refractivity contribution is 0.184. The number of fused-ring (bicyclic) bond motifs is 3. The first-order valence-corrected chi connectivity index (χ1v) is 7.68. The average molecular weight is 287 g/mol. The van der Waals surface area contributed by atoms with E-state index in [4.69, 9.17) is 9.47 Å². The normalized spacial score (nSPS) is 18.6. The van der Waals surface area contributed by atoms with Crippen molar-refractivity contribution in [3.63, 3.8) is 0 Å². The van der Waals surface area contributed by atoms with Crippen LogP contribution >= 0.6 is 0 Å². The van der Waals surface area contributed by atoms with Gasteiger partial charge < -0.3 is 14.0 Å². The number of aromatic nitrogens is 1. The highest BCUT2D eigenvalue weighted by Crippen LogP contribution is 2.41. The van der Waals surface area contributed by atoms with Gasteiger partial charge in [0.1, 0.15) is 0 Å². The molecule has 1 aromatic carbocycles. The Labute approximate surface area is 126 Å². The molecule has 1 aromatic heterocycles. The van der Waals surface area contributed by atoms with E-state index >= 15 is 0 Å². The summed E-state index contributed by atoms with van der Waals surface area (Å²) in [6, 6.07) is 6.44. The molecule has 0 N–H and O–H groups in total. The molecule has 3 rings (SSSR count). The molecule has 21 heavy (non-hydrogen) atoms. The van der Waals surface area contributed by atoms with Crippen molar-refractivity contribution in [1.29, 1.82) is 0 Å². The number of ether oxygens (including phenoxy) is 2. The van der Waals surface area contributed by atoms with Gasteiger partial charge in [-0.2, -0.15) is 0 Å². The van der Waals surface area contributed by atoms with E-state index < -0.39 is 0 Å². The van der Waals surface area contributed by atoms with Crippen LogP contribution in [0.5, 0.6) is 11.5 Å². The van der Waals surface area contributed by atoms with E-state index in [-0.39, 0.29) is 0 Å². The van der Waals surface area contributed by atoms with Gasteiger partial charge in [-0.1, -0.05) is 20.8 Å². The summed E-state index contributed by atoms with van der Waals surface area (Å²) in [4.78, 5) is 0. The molecule has 0 amide bonds. The molecule has 0 aliphatic carbocycles. The molecule has 3 nitrogen and oxygen atoms in total. The molecule has 0 bridgehead atoms. The Kier molecular flexibility index (Phi) is 3.39. The number of nitrogens with zero attached hydrogens (tertiary/aromatic N) is 1. The van der Waals surface area contributed by atoms with Crippen LogP contribution in [0.15, 0.2) is 18.2 Å². The maximum absolute atomic E-state index is 5.58. The maximum Gasteiger partial charge on any atom is 0.170 e. The highest BCUT2D eigenvalue weighted by Gasteiger charge is 2.30. The summed E-state index contributed by atoms with van der Waals surface area (Å²) in [6.45, 7) is 8.13. The molecule has 114 valence electrons. The molecular weight excluding hydrogens is 262 g/mol. The monoisotopic (exact) mass is 287 g/mol. The number of hydrogen-bond donors (Lipinski definition) is 0. The van der Waals surface area contributed by atoms with Crippen LogP contribution in [0.3, 0.4) is 0 Å². The summed E-state index contributed by atoms with van der Waals surface area (Å²) >= 11 is 0. The Morgan fingerprint density at radius 3 is 2.52 bits per heavy atom. The molecule has 0 spiro atoms. The van der Waals surface area contributed by atoms with Gasteiger partial charge in [0.15, 0.2) is 11.5 Å². The van der Waals surface area contributed by atoms with Crippen molar-refractivity contribution in [2.24, 2.45) is 11.3 Å². The maximum atomic E-state index is 5.58. The predicted molar refractivity (Wildman–Crippen MR) is 86.3 cm³/mol. The highest BCUT2D eigenvalue weighted by atomic mass is 16.5. The van der Waals surface area contributed by atoms with E-state index in [2.05, 4.69) is 37.5 Å². The molecule has 0 saturated heterocycles. The summed E-state index contributed by atoms with van der Waals surface area (Å²) in [5, 5.41) is 1.17. The van der Waals surface area contributed by atoms with Crippen LogP contribution in [0.25, 0.3) is 10.9 Å². The van der Waals surface area contributed by atoms with Crippen molar-refractivity contribution in [1.82, 2.24) is 4.57 Å².